The van der Waals surface area contributed by atoms with Gasteiger partial charge in [0.15, 0.2) is 5.76 Å². The zero-order chi connectivity index (χ0) is 29.6. The molecule has 1 N–H and O–H groups in total. The molecule has 3 heterocycles. The minimum Gasteiger partial charge on any atom is -0.481 e. The Balaban J connectivity index is 1.35. The number of aromatic nitrogens is 1. The lowest BCUT2D eigenvalue weighted by molar-refractivity contribution is 0.0959. The van der Waals surface area contributed by atoms with Crippen molar-refractivity contribution in [1.82, 2.24) is 10.3 Å². The molecule has 0 bridgehead atoms. The fourth-order valence-corrected chi connectivity index (χ4v) is 5.30. The number of piperazine rings is 1. The van der Waals surface area contributed by atoms with Gasteiger partial charge in [-0.2, -0.15) is 5.26 Å². The number of benzene rings is 3. The molecule has 6 rings (SSSR count). The second-order valence-electron chi connectivity index (χ2n) is 10.2. The van der Waals surface area contributed by atoms with E-state index in [-0.39, 0.29) is 11.7 Å². The molecule has 0 unspecified atom stereocenters. The van der Waals surface area contributed by atoms with Gasteiger partial charge in [-0.1, -0.05) is 24.3 Å². The Morgan fingerprint density at radius 2 is 1.74 bits per heavy atom. The number of anilines is 2. The Morgan fingerprint density at radius 1 is 0.977 bits per heavy atom. The molecule has 0 radical (unpaired) electrons. The van der Waals surface area contributed by atoms with Crippen LogP contribution in [0.3, 0.4) is 0 Å². The van der Waals surface area contributed by atoms with Crippen molar-refractivity contribution in [2.24, 2.45) is 0 Å². The number of rotatable bonds is 8. The van der Waals surface area contributed by atoms with Crippen LogP contribution in [0, 0.1) is 11.3 Å². The monoisotopic (exact) mass is 569 g/mol. The standard InChI is InChI=1S/C35H31N5O3/c1-42-34-22-27(16-17-38-34)31-5-3-2-4-28(31)24-40(30-12-10-29(11-13-30)39-20-18-37-19-21-39)35(41)33-15-14-32(43-33)26-8-6-25(23-36)7-9-26/h2-17,22,37H,18-21,24H2,1H3. The van der Waals surface area contributed by atoms with Gasteiger partial charge in [0, 0.05) is 55.4 Å². The predicted octanol–water partition coefficient (Wildman–Crippen LogP) is 6.15. The van der Waals surface area contributed by atoms with Crippen molar-refractivity contribution < 1.29 is 13.9 Å². The number of amides is 1. The van der Waals surface area contributed by atoms with Crippen LogP contribution >= 0.6 is 0 Å². The molecule has 214 valence electrons. The van der Waals surface area contributed by atoms with Crippen molar-refractivity contribution in [3.63, 3.8) is 0 Å². The number of ether oxygens (including phenoxy) is 1. The number of nitrogens with zero attached hydrogens (tertiary/aromatic N) is 4. The van der Waals surface area contributed by atoms with E-state index in [0.717, 1.165) is 59.8 Å². The van der Waals surface area contributed by atoms with Crippen molar-refractivity contribution >= 4 is 17.3 Å². The van der Waals surface area contributed by atoms with Gasteiger partial charge in [-0.3, -0.25) is 4.79 Å². The smallest absolute Gasteiger partial charge is 0.294 e. The molecule has 0 spiro atoms. The van der Waals surface area contributed by atoms with E-state index in [0.29, 0.717) is 23.7 Å². The third kappa shape index (κ3) is 6.13. The van der Waals surface area contributed by atoms with Gasteiger partial charge in [-0.25, -0.2) is 4.98 Å². The Bertz CT molecular complexity index is 1750. The molecule has 1 aliphatic heterocycles. The van der Waals surface area contributed by atoms with Crippen molar-refractivity contribution in [3.8, 4) is 34.4 Å². The summed E-state index contributed by atoms with van der Waals surface area (Å²) in [6.45, 7) is 4.09. The molecule has 1 fully saturated rings. The van der Waals surface area contributed by atoms with Gasteiger partial charge in [-0.15, -0.1) is 0 Å². The van der Waals surface area contributed by atoms with E-state index in [1.54, 1.807) is 42.5 Å². The summed E-state index contributed by atoms with van der Waals surface area (Å²) < 4.78 is 11.5. The molecule has 1 amide bonds. The van der Waals surface area contributed by atoms with Gasteiger partial charge in [0.05, 0.1) is 25.3 Å². The van der Waals surface area contributed by atoms with Crippen molar-refractivity contribution in [1.29, 1.82) is 5.26 Å². The molecule has 1 saturated heterocycles. The molecule has 8 heteroatoms. The number of hydrogen-bond acceptors (Lipinski definition) is 7. The van der Waals surface area contributed by atoms with Crippen LogP contribution in [0.1, 0.15) is 21.7 Å². The van der Waals surface area contributed by atoms with Gasteiger partial charge in [0.2, 0.25) is 5.88 Å². The Morgan fingerprint density at radius 3 is 2.49 bits per heavy atom. The highest BCUT2D eigenvalue weighted by Gasteiger charge is 2.24. The van der Waals surface area contributed by atoms with Crippen LogP contribution in [0.2, 0.25) is 0 Å². The van der Waals surface area contributed by atoms with Gasteiger partial charge in [0.25, 0.3) is 5.91 Å². The maximum Gasteiger partial charge on any atom is 0.294 e. The van der Waals surface area contributed by atoms with Crippen molar-refractivity contribution in [3.05, 3.63) is 120 Å². The van der Waals surface area contributed by atoms with Crippen LogP contribution in [0.4, 0.5) is 11.4 Å². The first-order chi connectivity index (χ1) is 21.1. The molecule has 0 aliphatic carbocycles. The summed E-state index contributed by atoms with van der Waals surface area (Å²) in [4.78, 5) is 22.5. The minimum atomic E-state index is -0.253. The number of furan rings is 1. The van der Waals surface area contributed by atoms with Gasteiger partial charge >= 0.3 is 0 Å². The molecule has 1 aliphatic rings. The normalized spacial score (nSPS) is 12.9. The second-order valence-corrected chi connectivity index (χ2v) is 10.2. The topological polar surface area (TPSA) is 94.6 Å². The lowest BCUT2D eigenvalue weighted by Gasteiger charge is -2.30. The Kier molecular flexibility index (Phi) is 8.16. The van der Waals surface area contributed by atoms with Gasteiger partial charge in [-0.05, 0) is 83.4 Å². The highest BCUT2D eigenvalue weighted by Crippen LogP contribution is 2.31. The summed E-state index contributed by atoms with van der Waals surface area (Å²) in [5, 5.41) is 12.5. The second kappa shape index (κ2) is 12.6. The van der Waals surface area contributed by atoms with Crippen LogP contribution in [-0.2, 0) is 6.54 Å². The van der Waals surface area contributed by atoms with Crippen LogP contribution in [0.25, 0.3) is 22.5 Å². The quantitative estimate of drug-likeness (QED) is 0.240. The first-order valence-electron chi connectivity index (χ1n) is 14.2. The number of pyridine rings is 1. The van der Waals surface area contributed by atoms with E-state index in [1.165, 1.54) is 0 Å². The lowest BCUT2D eigenvalue weighted by Crippen LogP contribution is -2.43. The van der Waals surface area contributed by atoms with Crippen LogP contribution in [0.5, 0.6) is 5.88 Å². The number of carbonyl (C=O) groups is 1. The molecule has 8 nitrogen and oxygen atoms in total. The number of hydrogen-bond donors (Lipinski definition) is 1. The Labute approximate surface area is 250 Å². The van der Waals surface area contributed by atoms with Crippen molar-refractivity contribution in [2.75, 3.05) is 43.1 Å². The van der Waals surface area contributed by atoms with E-state index >= 15 is 0 Å². The fourth-order valence-electron chi connectivity index (χ4n) is 5.30. The molecule has 2 aromatic heterocycles. The summed E-state index contributed by atoms with van der Waals surface area (Å²) >= 11 is 0. The van der Waals surface area contributed by atoms with E-state index in [9.17, 15) is 4.79 Å². The SMILES string of the molecule is COc1cc(-c2ccccc2CN(C(=O)c2ccc(-c3ccc(C#N)cc3)o2)c2ccc(N3CCNCC3)cc2)ccn1. The third-order valence-electron chi connectivity index (χ3n) is 7.60. The summed E-state index contributed by atoms with van der Waals surface area (Å²) in [7, 11) is 1.60. The average molecular weight is 570 g/mol. The van der Waals surface area contributed by atoms with Crippen molar-refractivity contribution in [2.45, 2.75) is 6.54 Å². The Hall–Kier alpha value is -5.39. The number of methoxy groups -OCH3 is 1. The lowest BCUT2D eigenvalue weighted by atomic mass is 10.00. The molecule has 0 atom stereocenters. The number of carbonyl (C=O) groups excluding carboxylic acids is 1. The fraction of sp³-hybridized carbons (Fsp3) is 0.171. The van der Waals surface area contributed by atoms with Gasteiger partial charge in [0.1, 0.15) is 5.76 Å². The molecule has 5 aromatic rings. The maximum absolute atomic E-state index is 14.2. The van der Waals surface area contributed by atoms with Crippen LogP contribution in [0.15, 0.2) is 108 Å². The summed E-state index contributed by atoms with van der Waals surface area (Å²) in [6, 6.07) is 32.7. The maximum atomic E-state index is 14.2. The highest BCUT2D eigenvalue weighted by atomic mass is 16.5. The third-order valence-corrected chi connectivity index (χ3v) is 7.60. The number of nitrogens with one attached hydrogen (secondary N) is 1. The zero-order valence-electron chi connectivity index (χ0n) is 23.9. The van der Waals surface area contributed by atoms with E-state index in [2.05, 4.69) is 33.4 Å². The molecule has 3 aromatic carbocycles. The highest BCUT2D eigenvalue weighted by molar-refractivity contribution is 6.04. The largest absolute Gasteiger partial charge is 0.481 e. The van der Waals surface area contributed by atoms with Gasteiger partial charge < -0.3 is 24.3 Å². The summed E-state index contributed by atoms with van der Waals surface area (Å²) in [5.41, 5.74) is 6.15. The molecular formula is C35H31N5O3. The van der Waals surface area contributed by atoms with E-state index in [1.807, 2.05) is 60.7 Å². The predicted molar refractivity (Wildman–Crippen MR) is 167 cm³/mol. The first-order valence-corrected chi connectivity index (χ1v) is 14.2. The van der Waals surface area contributed by atoms with E-state index in [4.69, 9.17) is 14.4 Å². The van der Waals surface area contributed by atoms with Crippen LogP contribution < -0.4 is 19.9 Å². The number of nitriles is 1. The molecule has 0 saturated carbocycles. The van der Waals surface area contributed by atoms with Crippen LogP contribution in [-0.4, -0.2) is 44.2 Å². The minimum absolute atomic E-state index is 0.230. The zero-order valence-corrected chi connectivity index (χ0v) is 23.9. The molecule has 43 heavy (non-hydrogen) atoms. The molecular weight excluding hydrogens is 538 g/mol. The summed E-state index contributed by atoms with van der Waals surface area (Å²) in [5.74, 6) is 1.06. The first kappa shape index (κ1) is 27.8. The average Bonchev–Trinajstić information content (AvgIpc) is 3.58. The summed E-state index contributed by atoms with van der Waals surface area (Å²) in [6.07, 6.45) is 1.72. The van der Waals surface area contributed by atoms with E-state index < -0.39 is 0 Å².